The van der Waals surface area contributed by atoms with Crippen molar-refractivity contribution < 1.29 is 0 Å². The maximum absolute atomic E-state index is 5.95. The molecular formula is C15H24N2. The lowest BCUT2D eigenvalue weighted by atomic mass is 9.96. The Labute approximate surface area is 105 Å². The molecule has 94 valence electrons. The molecule has 1 saturated heterocycles. The van der Waals surface area contributed by atoms with Crippen LogP contribution in [0.5, 0.6) is 0 Å². The van der Waals surface area contributed by atoms with Crippen molar-refractivity contribution in [2.45, 2.75) is 51.2 Å². The second kappa shape index (κ2) is 6.18. The molecule has 0 radical (unpaired) electrons. The van der Waals surface area contributed by atoms with Crippen LogP contribution in [0.3, 0.4) is 0 Å². The van der Waals surface area contributed by atoms with Gasteiger partial charge in [0.05, 0.1) is 0 Å². The van der Waals surface area contributed by atoms with Crippen LogP contribution in [0.1, 0.15) is 38.2 Å². The third-order valence-electron chi connectivity index (χ3n) is 3.62. The Morgan fingerprint density at radius 1 is 1.29 bits per heavy atom. The van der Waals surface area contributed by atoms with E-state index >= 15 is 0 Å². The molecule has 0 aromatic heterocycles. The minimum absolute atomic E-state index is 0.316. The third-order valence-corrected chi connectivity index (χ3v) is 3.62. The molecule has 17 heavy (non-hydrogen) atoms. The first-order valence-electron chi connectivity index (χ1n) is 6.79. The van der Waals surface area contributed by atoms with Crippen molar-refractivity contribution >= 4 is 0 Å². The molecule has 1 aliphatic rings. The van der Waals surface area contributed by atoms with E-state index in [4.69, 9.17) is 5.73 Å². The van der Waals surface area contributed by atoms with E-state index in [0.29, 0.717) is 12.1 Å². The molecule has 2 atom stereocenters. The molecule has 2 N–H and O–H groups in total. The summed E-state index contributed by atoms with van der Waals surface area (Å²) in [6.07, 6.45) is 5.15. The number of likely N-dealkylation sites (tertiary alicyclic amines) is 1. The smallest absolute Gasteiger partial charge is 0.0236 e. The molecule has 2 heteroatoms. The standard InChI is InChI=1S/C15H24N2/c1-13(16)11-15-9-5-6-10-17(15)12-14-7-3-2-4-8-14/h2-4,7-8,13,15H,5-6,9-12,16H2,1H3/t13-,15?/m0/s1. The van der Waals surface area contributed by atoms with Crippen molar-refractivity contribution in [1.29, 1.82) is 0 Å². The zero-order valence-electron chi connectivity index (χ0n) is 10.8. The summed E-state index contributed by atoms with van der Waals surface area (Å²) in [5.41, 5.74) is 7.37. The highest BCUT2D eigenvalue weighted by molar-refractivity contribution is 5.14. The summed E-state index contributed by atoms with van der Waals surface area (Å²) in [5.74, 6) is 0. The third kappa shape index (κ3) is 3.83. The Hall–Kier alpha value is -0.860. The van der Waals surface area contributed by atoms with Crippen molar-refractivity contribution in [2.75, 3.05) is 6.54 Å². The fourth-order valence-electron chi connectivity index (χ4n) is 2.78. The van der Waals surface area contributed by atoms with Crippen molar-refractivity contribution in [3.05, 3.63) is 35.9 Å². The Balaban J connectivity index is 1.96. The lowest BCUT2D eigenvalue weighted by molar-refractivity contribution is 0.127. The lowest BCUT2D eigenvalue weighted by Gasteiger charge is -2.36. The van der Waals surface area contributed by atoms with Gasteiger partial charge in [-0.05, 0) is 38.3 Å². The van der Waals surface area contributed by atoms with Gasteiger partial charge in [-0.1, -0.05) is 36.8 Å². The zero-order chi connectivity index (χ0) is 12.1. The molecular weight excluding hydrogens is 208 g/mol. The van der Waals surface area contributed by atoms with Gasteiger partial charge in [0.25, 0.3) is 0 Å². The monoisotopic (exact) mass is 232 g/mol. The highest BCUT2D eigenvalue weighted by Gasteiger charge is 2.22. The van der Waals surface area contributed by atoms with Gasteiger partial charge in [0, 0.05) is 18.6 Å². The van der Waals surface area contributed by atoms with Crippen LogP contribution in [-0.2, 0) is 6.54 Å². The maximum atomic E-state index is 5.95. The molecule has 1 heterocycles. The fraction of sp³-hybridized carbons (Fsp3) is 0.600. The molecule has 1 aromatic carbocycles. The number of rotatable bonds is 4. The average molecular weight is 232 g/mol. The van der Waals surface area contributed by atoms with E-state index in [2.05, 4.69) is 42.2 Å². The molecule has 1 aliphatic heterocycles. The first-order valence-corrected chi connectivity index (χ1v) is 6.79. The van der Waals surface area contributed by atoms with E-state index in [0.717, 1.165) is 13.0 Å². The van der Waals surface area contributed by atoms with Gasteiger partial charge < -0.3 is 5.73 Å². The van der Waals surface area contributed by atoms with E-state index in [9.17, 15) is 0 Å². The van der Waals surface area contributed by atoms with Crippen molar-refractivity contribution in [2.24, 2.45) is 5.73 Å². The van der Waals surface area contributed by atoms with E-state index in [1.807, 2.05) is 0 Å². The van der Waals surface area contributed by atoms with Crippen LogP contribution < -0.4 is 5.73 Å². The normalized spacial score (nSPS) is 23.5. The molecule has 0 amide bonds. The minimum Gasteiger partial charge on any atom is -0.328 e. The summed E-state index contributed by atoms with van der Waals surface area (Å²) < 4.78 is 0. The summed E-state index contributed by atoms with van der Waals surface area (Å²) in [4.78, 5) is 2.61. The number of hydrogen-bond acceptors (Lipinski definition) is 2. The zero-order valence-corrected chi connectivity index (χ0v) is 10.8. The molecule has 1 aromatic rings. The first-order chi connectivity index (χ1) is 8.25. The van der Waals surface area contributed by atoms with Crippen molar-refractivity contribution in [3.8, 4) is 0 Å². The predicted octanol–water partition coefficient (Wildman–Crippen LogP) is 2.78. The maximum Gasteiger partial charge on any atom is 0.0236 e. The number of nitrogens with zero attached hydrogens (tertiary/aromatic N) is 1. The predicted molar refractivity (Wildman–Crippen MR) is 72.8 cm³/mol. The molecule has 2 rings (SSSR count). The van der Waals surface area contributed by atoms with Gasteiger partial charge in [0.1, 0.15) is 0 Å². The SMILES string of the molecule is C[C@H](N)CC1CCCCN1Cc1ccccc1. The number of benzene rings is 1. The van der Waals surface area contributed by atoms with Crippen LogP contribution in [-0.4, -0.2) is 23.5 Å². The van der Waals surface area contributed by atoms with Gasteiger partial charge in [-0.2, -0.15) is 0 Å². The van der Waals surface area contributed by atoms with Crippen molar-refractivity contribution in [3.63, 3.8) is 0 Å². The van der Waals surface area contributed by atoms with Gasteiger partial charge in [0.2, 0.25) is 0 Å². The number of hydrogen-bond donors (Lipinski definition) is 1. The van der Waals surface area contributed by atoms with Crippen molar-refractivity contribution in [1.82, 2.24) is 4.90 Å². The fourth-order valence-corrected chi connectivity index (χ4v) is 2.78. The van der Waals surface area contributed by atoms with E-state index < -0.39 is 0 Å². The Morgan fingerprint density at radius 2 is 2.06 bits per heavy atom. The quantitative estimate of drug-likeness (QED) is 0.865. The molecule has 0 saturated carbocycles. The second-order valence-corrected chi connectivity index (χ2v) is 5.32. The second-order valence-electron chi connectivity index (χ2n) is 5.32. The van der Waals surface area contributed by atoms with Crippen LogP contribution in [0.25, 0.3) is 0 Å². The molecule has 0 spiro atoms. The number of nitrogens with two attached hydrogens (primary N) is 1. The van der Waals surface area contributed by atoms with E-state index in [-0.39, 0.29) is 0 Å². The average Bonchev–Trinajstić information content (AvgIpc) is 2.32. The van der Waals surface area contributed by atoms with E-state index in [1.165, 1.54) is 31.4 Å². The molecule has 1 fully saturated rings. The van der Waals surface area contributed by atoms with Gasteiger partial charge in [0.15, 0.2) is 0 Å². The summed E-state index contributed by atoms with van der Waals surface area (Å²) in [6, 6.07) is 11.8. The highest BCUT2D eigenvalue weighted by atomic mass is 15.2. The van der Waals surface area contributed by atoms with Gasteiger partial charge in [-0.15, -0.1) is 0 Å². The summed E-state index contributed by atoms with van der Waals surface area (Å²) in [5, 5.41) is 0. The summed E-state index contributed by atoms with van der Waals surface area (Å²) in [7, 11) is 0. The molecule has 2 nitrogen and oxygen atoms in total. The van der Waals surface area contributed by atoms with Gasteiger partial charge in [-0.3, -0.25) is 4.90 Å². The topological polar surface area (TPSA) is 29.3 Å². The summed E-state index contributed by atoms with van der Waals surface area (Å²) >= 11 is 0. The van der Waals surface area contributed by atoms with Crippen LogP contribution in [0.15, 0.2) is 30.3 Å². The lowest BCUT2D eigenvalue weighted by Crippen LogP contribution is -2.41. The Kier molecular flexibility index (Phi) is 4.57. The Morgan fingerprint density at radius 3 is 2.76 bits per heavy atom. The van der Waals surface area contributed by atoms with Crippen LogP contribution in [0.4, 0.5) is 0 Å². The Bertz CT molecular complexity index is 321. The summed E-state index contributed by atoms with van der Waals surface area (Å²) in [6.45, 7) is 4.43. The minimum atomic E-state index is 0.316. The van der Waals surface area contributed by atoms with Crippen LogP contribution in [0.2, 0.25) is 0 Å². The van der Waals surface area contributed by atoms with Crippen LogP contribution in [0, 0.1) is 0 Å². The largest absolute Gasteiger partial charge is 0.328 e. The van der Waals surface area contributed by atoms with Gasteiger partial charge >= 0.3 is 0 Å². The molecule has 0 bridgehead atoms. The van der Waals surface area contributed by atoms with Crippen LogP contribution >= 0.6 is 0 Å². The first kappa shape index (κ1) is 12.6. The van der Waals surface area contributed by atoms with Gasteiger partial charge in [-0.25, -0.2) is 0 Å². The molecule has 1 unspecified atom stereocenters. The highest BCUT2D eigenvalue weighted by Crippen LogP contribution is 2.22. The molecule has 0 aliphatic carbocycles. The van der Waals surface area contributed by atoms with E-state index in [1.54, 1.807) is 0 Å². The number of piperidine rings is 1.